The van der Waals surface area contributed by atoms with Crippen molar-refractivity contribution >= 4 is 17.2 Å². The molecule has 23 heavy (non-hydrogen) atoms. The number of aryl methyl sites for hydroxylation is 2. The number of nitrogens with zero attached hydrogens (tertiary/aromatic N) is 4. The maximum atomic E-state index is 11.8. The van der Waals surface area contributed by atoms with Gasteiger partial charge in [-0.15, -0.1) is 16.4 Å². The Morgan fingerprint density at radius 1 is 1.22 bits per heavy atom. The molecule has 0 unspecified atom stereocenters. The van der Waals surface area contributed by atoms with Gasteiger partial charge in [0.2, 0.25) is 5.91 Å². The molecule has 3 aromatic rings. The number of amides is 1. The van der Waals surface area contributed by atoms with E-state index in [1.165, 1.54) is 26.3 Å². The molecule has 0 saturated heterocycles. The maximum absolute atomic E-state index is 11.8. The smallest absolute Gasteiger partial charge is 0.222 e. The number of nitrogens with one attached hydrogen (secondary N) is 1. The van der Waals surface area contributed by atoms with E-state index in [1.807, 2.05) is 12.1 Å². The van der Waals surface area contributed by atoms with Gasteiger partial charge in [-0.3, -0.25) is 4.79 Å². The normalized spacial score (nSPS) is 10.7. The van der Waals surface area contributed by atoms with E-state index in [0.29, 0.717) is 19.5 Å². The molecule has 0 radical (unpaired) electrons. The highest BCUT2D eigenvalue weighted by molar-refractivity contribution is 7.15. The first kappa shape index (κ1) is 15.4. The molecule has 0 atom stereocenters. The van der Waals surface area contributed by atoms with Crippen molar-refractivity contribution in [2.45, 2.75) is 26.4 Å². The molecule has 0 aliphatic heterocycles. The van der Waals surface area contributed by atoms with Gasteiger partial charge in [0.15, 0.2) is 0 Å². The zero-order valence-corrected chi connectivity index (χ0v) is 13.6. The topological polar surface area (TPSA) is 72.7 Å². The summed E-state index contributed by atoms with van der Waals surface area (Å²) in [5.74, 6) is -0.0153. The van der Waals surface area contributed by atoms with Crippen molar-refractivity contribution in [3.8, 4) is 10.4 Å². The monoisotopic (exact) mass is 327 g/mol. The summed E-state index contributed by atoms with van der Waals surface area (Å²) >= 11 is 1.78. The molecule has 1 N–H and O–H groups in total. The van der Waals surface area contributed by atoms with Crippen molar-refractivity contribution in [2.75, 3.05) is 0 Å². The Labute approximate surface area is 138 Å². The average Bonchev–Trinajstić information content (AvgIpc) is 3.23. The number of carbonyl (C=O) groups is 1. The van der Waals surface area contributed by atoms with Crippen molar-refractivity contribution in [1.82, 2.24) is 25.5 Å². The van der Waals surface area contributed by atoms with Crippen LogP contribution in [0.2, 0.25) is 0 Å². The first-order valence-corrected chi connectivity index (χ1v) is 8.15. The zero-order chi connectivity index (χ0) is 16.1. The van der Waals surface area contributed by atoms with Crippen molar-refractivity contribution in [3.05, 3.63) is 53.2 Å². The summed E-state index contributed by atoms with van der Waals surface area (Å²) in [5, 5.41) is 13.7. The highest BCUT2D eigenvalue weighted by Gasteiger charge is 2.04. The van der Waals surface area contributed by atoms with Crippen molar-refractivity contribution < 1.29 is 4.79 Å². The van der Waals surface area contributed by atoms with E-state index >= 15 is 0 Å². The molecule has 0 aliphatic carbocycles. The minimum absolute atomic E-state index is 0.0153. The standard InChI is InChI=1S/C16H17N5OS/c1-12-2-7-15(23-12)14-5-3-13(4-6-14)10-17-16(22)8-9-21-11-18-19-20-21/h2-7,11H,8-10H2,1H3,(H,17,22). The minimum atomic E-state index is -0.0153. The summed E-state index contributed by atoms with van der Waals surface area (Å²) < 4.78 is 1.54. The quantitative estimate of drug-likeness (QED) is 0.754. The lowest BCUT2D eigenvalue weighted by molar-refractivity contribution is -0.121. The van der Waals surface area contributed by atoms with Crippen LogP contribution in [0.5, 0.6) is 0 Å². The summed E-state index contributed by atoms with van der Waals surface area (Å²) in [6.45, 7) is 3.11. The molecular formula is C16H17N5OS. The first-order chi connectivity index (χ1) is 11.2. The molecule has 0 saturated carbocycles. The predicted molar refractivity (Wildman–Crippen MR) is 88.8 cm³/mol. The Kier molecular flexibility index (Phi) is 4.77. The van der Waals surface area contributed by atoms with E-state index in [9.17, 15) is 4.79 Å². The molecule has 0 spiro atoms. The van der Waals surface area contributed by atoms with Gasteiger partial charge in [-0.05, 0) is 40.6 Å². The number of hydrogen-bond acceptors (Lipinski definition) is 5. The molecule has 1 amide bonds. The van der Waals surface area contributed by atoms with Gasteiger partial charge in [-0.25, -0.2) is 4.68 Å². The van der Waals surface area contributed by atoms with Gasteiger partial charge in [0, 0.05) is 22.7 Å². The van der Waals surface area contributed by atoms with Gasteiger partial charge in [-0.2, -0.15) is 0 Å². The highest BCUT2D eigenvalue weighted by Crippen LogP contribution is 2.27. The Hall–Kier alpha value is -2.54. The maximum Gasteiger partial charge on any atom is 0.222 e. The molecule has 118 valence electrons. The van der Waals surface area contributed by atoms with Gasteiger partial charge in [0.1, 0.15) is 6.33 Å². The second-order valence-corrected chi connectivity index (χ2v) is 6.49. The molecule has 2 aromatic heterocycles. The van der Waals surface area contributed by atoms with Gasteiger partial charge in [0.25, 0.3) is 0 Å². The number of hydrogen-bond donors (Lipinski definition) is 1. The molecule has 3 rings (SSSR count). The highest BCUT2D eigenvalue weighted by atomic mass is 32.1. The van der Waals surface area contributed by atoms with Crippen LogP contribution >= 0.6 is 11.3 Å². The third-order valence-electron chi connectivity index (χ3n) is 3.43. The third-order valence-corrected chi connectivity index (χ3v) is 4.48. The summed E-state index contributed by atoms with van der Waals surface area (Å²) in [6, 6.07) is 12.5. The number of tetrazole rings is 1. The number of rotatable bonds is 6. The number of carbonyl (C=O) groups excluding carboxylic acids is 1. The fraction of sp³-hybridized carbons (Fsp3) is 0.250. The van der Waals surface area contributed by atoms with E-state index in [-0.39, 0.29) is 5.91 Å². The van der Waals surface area contributed by atoms with E-state index in [4.69, 9.17) is 0 Å². The largest absolute Gasteiger partial charge is 0.352 e. The summed E-state index contributed by atoms with van der Waals surface area (Å²) in [4.78, 5) is 14.4. The average molecular weight is 327 g/mol. The van der Waals surface area contributed by atoms with Crippen molar-refractivity contribution in [2.24, 2.45) is 0 Å². The van der Waals surface area contributed by atoms with Crippen molar-refractivity contribution in [3.63, 3.8) is 0 Å². The second kappa shape index (κ2) is 7.15. The zero-order valence-electron chi connectivity index (χ0n) is 12.8. The van der Waals surface area contributed by atoms with Crippen LogP contribution in [0, 0.1) is 6.92 Å². The summed E-state index contributed by atoms with van der Waals surface area (Å²) in [5.41, 5.74) is 2.29. The van der Waals surface area contributed by atoms with Gasteiger partial charge < -0.3 is 5.32 Å². The summed E-state index contributed by atoms with van der Waals surface area (Å²) in [6.07, 6.45) is 1.86. The third kappa shape index (κ3) is 4.23. The van der Waals surface area contributed by atoms with Crippen LogP contribution in [0.3, 0.4) is 0 Å². The summed E-state index contributed by atoms with van der Waals surface area (Å²) in [7, 11) is 0. The van der Waals surface area contributed by atoms with Crippen LogP contribution in [0.25, 0.3) is 10.4 Å². The Bertz CT molecular complexity index is 764. The molecule has 6 nitrogen and oxygen atoms in total. The minimum Gasteiger partial charge on any atom is -0.352 e. The SMILES string of the molecule is Cc1ccc(-c2ccc(CNC(=O)CCn3cnnn3)cc2)s1. The van der Waals surface area contributed by atoms with Gasteiger partial charge in [-0.1, -0.05) is 24.3 Å². The fourth-order valence-electron chi connectivity index (χ4n) is 2.16. The van der Waals surface area contributed by atoms with Crippen molar-refractivity contribution in [1.29, 1.82) is 0 Å². The van der Waals surface area contributed by atoms with Crippen LogP contribution in [-0.2, 0) is 17.9 Å². The molecule has 1 aromatic carbocycles. The fourth-order valence-corrected chi connectivity index (χ4v) is 3.04. The molecule has 0 fully saturated rings. The van der Waals surface area contributed by atoms with Crippen LogP contribution in [0.4, 0.5) is 0 Å². The number of thiophene rings is 1. The van der Waals surface area contributed by atoms with Crippen LogP contribution in [0.1, 0.15) is 16.9 Å². The molecule has 0 bridgehead atoms. The van der Waals surface area contributed by atoms with Gasteiger partial charge in [0.05, 0.1) is 6.54 Å². The van der Waals surface area contributed by atoms with E-state index in [0.717, 1.165) is 5.56 Å². The van der Waals surface area contributed by atoms with Gasteiger partial charge >= 0.3 is 0 Å². The first-order valence-electron chi connectivity index (χ1n) is 7.34. The Morgan fingerprint density at radius 3 is 2.70 bits per heavy atom. The van der Waals surface area contributed by atoms with Crippen LogP contribution < -0.4 is 5.32 Å². The predicted octanol–water partition coefficient (Wildman–Crippen LogP) is 2.42. The molecule has 7 heteroatoms. The lowest BCUT2D eigenvalue weighted by Crippen LogP contribution is -2.24. The number of benzene rings is 1. The number of aromatic nitrogens is 4. The lowest BCUT2D eigenvalue weighted by atomic mass is 10.1. The second-order valence-electron chi connectivity index (χ2n) is 5.21. The van der Waals surface area contributed by atoms with E-state index in [1.54, 1.807) is 11.3 Å². The lowest BCUT2D eigenvalue weighted by Gasteiger charge is -2.06. The Balaban J connectivity index is 1.49. The van der Waals surface area contributed by atoms with Crippen LogP contribution in [-0.4, -0.2) is 26.1 Å². The molecular weight excluding hydrogens is 310 g/mol. The van der Waals surface area contributed by atoms with E-state index < -0.39 is 0 Å². The van der Waals surface area contributed by atoms with E-state index in [2.05, 4.69) is 52.0 Å². The Morgan fingerprint density at radius 2 is 2.04 bits per heavy atom. The molecule has 0 aliphatic rings. The van der Waals surface area contributed by atoms with Crippen LogP contribution in [0.15, 0.2) is 42.7 Å². The molecule has 2 heterocycles.